The number of nitrogens with zero attached hydrogens (tertiary/aromatic N) is 3. The normalized spacial score (nSPS) is 21.8. The number of aliphatic hydroxyl groups excluding tert-OH is 2. The number of aliphatic hydroxyl groups is 2. The Morgan fingerprint density at radius 3 is 2.71 bits per heavy atom. The molecule has 3 aromatic rings. The van der Waals surface area contributed by atoms with Crippen molar-refractivity contribution in [1.29, 1.82) is 0 Å². The van der Waals surface area contributed by atoms with Gasteiger partial charge in [-0.2, -0.15) is 0 Å². The molecule has 12 nitrogen and oxygen atoms in total. The average molecular weight is 544 g/mol. The van der Waals surface area contributed by atoms with Gasteiger partial charge in [0.2, 0.25) is 10.0 Å². The minimum atomic E-state index is -3.86. The molecule has 1 aliphatic rings. The SMILES string of the molecule is C=C(CC/C=C/S(=O)(=O)NC[C@H]1O[C@@H](n2cnc3c(N)ccnc32)[C@H](O)[C@@H]1O)c1ccccc1C(=O)OC. The van der Waals surface area contributed by atoms with Gasteiger partial charge in [-0.1, -0.05) is 30.9 Å². The second kappa shape index (κ2) is 11.4. The number of aromatic nitrogens is 3. The maximum Gasteiger partial charge on any atom is 0.338 e. The summed E-state index contributed by atoms with van der Waals surface area (Å²) in [5, 5.41) is 22.0. The number of nitrogens with one attached hydrogen (secondary N) is 1. The molecule has 0 radical (unpaired) electrons. The highest BCUT2D eigenvalue weighted by atomic mass is 32.2. The topological polar surface area (TPSA) is 179 Å². The lowest BCUT2D eigenvalue weighted by molar-refractivity contribution is -0.0329. The van der Waals surface area contributed by atoms with Crippen LogP contribution in [-0.2, 0) is 19.5 Å². The van der Waals surface area contributed by atoms with Crippen molar-refractivity contribution < 1.29 is 32.9 Å². The Morgan fingerprint density at radius 2 is 1.97 bits per heavy atom. The van der Waals surface area contributed by atoms with Gasteiger partial charge in [0.1, 0.15) is 23.8 Å². The van der Waals surface area contributed by atoms with E-state index in [2.05, 4.69) is 21.3 Å². The highest BCUT2D eigenvalue weighted by molar-refractivity contribution is 7.92. The van der Waals surface area contributed by atoms with Crippen molar-refractivity contribution in [2.24, 2.45) is 0 Å². The number of fused-ring (bicyclic) bond motifs is 1. The van der Waals surface area contributed by atoms with E-state index in [0.717, 1.165) is 5.41 Å². The summed E-state index contributed by atoms with van der Waals surface area (Å²) < 4.78 is 39.3. The zero-order chi connectivity index (χ0) is 27.4. The number of imidazole rings is 1. The van der Waals surface area contributed by atoms with Crippen LogP contribution in [0.3, 0.4) is 0 Å². The largest absolute Gasteiger partial charge is 0.465 e. The lowest BCUT2D eigenvalue weighted by Crippen LogP contribution is -2.39. The first-order valence-electron chi connectivity index (χ1n) is 11.7. The van der Waals surface area contributed by atoms with Crippen LogP contribution in [0.1, 0.15) is 35.0 Å². The van der Waals surface area contributed by atoms with Crippen LogP contribution in [0.4, 0.5) is 5.69 Å². The summed E-state index contributed by atoms with van der Waals surface area (Å²) in [6.07, 6.45) is 0.339. The number of allylic oxidation sites excluding steroid dienone is 2. The Hall–Kier alpha value is -3.62. The number of benzene rings is 1. The fourth-order valence-corrected chi connectivity index (χ4v) is 5.06. The standard InChI is InChI=1S/C25H29N5O7S/c1-15(16-8-3-4-9-17(16)25(33)36-2)7-5-6-12-38(34,35)29-13-19-21(31)22(32)24(37-19)30-14-28-20-18(26)10-11-27-23(20)30/h3-4,6,8-12,14,19,21-22,24,29,31-32H,1,5,7,13H2,2H3,(H2,26,27)/b12-6+/t19-,21-,22-,24-/m1/s1. The van der Waals surface area contributed by atoms with Gasteiger partial charge in [-0.05, 0) is 36.1 Å². The van der Waals surface area contributed by atoms with E-state index in [0.29, 0.717) is 46.4 Å². The van der Waals surface area contributed by atoms with Gasteiger partial charge in [0.05, 0.1) is 24.7 Å². The Bertz CT molecular complexity index is 1470. The number of anilines is 1. The second-order valence-corrected chi connectivity index (χ2v) is 10.4. The van der Waals surface area contributed by atoms with Crippen molar-refractivity contribution in [2.75, 3.05) is 19.4 Å². The van der Waals surface area contributed by atoms with Gasteiger partial charge in [0.15, 0.2) is 11.9 Å². The number of methoxy groups -OCH3 is 1. The Morgan fingerprint density at radius 1 is 1.24 bits per heavy atom. The van der Waals surface area contributed by atoms with Crippen LogP contribution in [0.25, 0.3) is 16.7 Å². The van der Waals surface area contributed by atoms with E-state index in [4.69, 9.17) is 15.2 Å². The maximum atomic E-state index is 12.5. The molecule has 1 aliphatic heterocycles. The summed E-state index contributed by atoms with van der Waals surface area (Å²) in [7, 11) is -2.57. The quantitative estimate of drug-likeness (QED) is 0.273. The number of pyridine rings is 1. The third kappa shape index (κ3) is 5.76. The first kappa shape index (κ1) is 27.4. The molecule has 5 N–H and O–H groups in total. The van der Waals surface area contributed by atoms with Crippen LogP contribution in [0.15, 0.2) is 60.9 Å². The van der Waals surface area contributed by atoms with Crippen molar-refractivity contribution >= 4 is 38.4 Å². The molecule has 1 fully saturated rings. The fourth-order valence-electron chi connectivity index (χ4n) is 4.18. The first-order valence-corrected chi connectivity index (χ1v) is 13.3. The van der Waals surface area contributed by atoms with Crippen LogP contribution in [-0.4, -0.2) is 71.1 Å². The maximum absolute atomic E-state index is 12.5. The van der Waals surface area contributed by atoms with Gasteiger partial charge in [-0.25, -0.2) is 27.9 Å². The number of hydrogen-bond donors (Lipinski definition) is 4. The number of carbonyl (C=O) groups is 1. The highest BCUT2D eigenvalue weighted by Crippen LogP contribution is 2.32. The molecular formula is C25H29N5O7S. The number of nitrogens with two attached hydrogens (primary N) is 1. The zero-order valence-corrected chi connectivity index (χ0v) is 21.4. The summed E-state index contributed by atoms with van der Waals surface area (Å²) >= 11 is 0. The van der Waals surface area contributed by atoms with Crippen LogP contribution in [0.2, 0.25) is 0 Å². The number of hydrogen-bond acceptors (Lipinski definition) is 10. The molecule has 2 aromatic heterocycles. The van der Waals surface area contributed by atoms with Crippen molar-refractivity contribution in [3.63, 3.8) is 0 Å². The summed E-state index contributed by atoms with van der Waals surface area (Å²) in [5.74, 6) is -0.477. The first-order chi connectivity index (χ1) is 18.1. The van der Waals surface area contributed by atoms with Crippen molar-refractivity contribution in [3.8, 4) is 0 Å². The van der Waals surface area contributed by atoms with Gasteiger partial charge in [0, 0.05) is 18.1 Å². The van der Waals surface area contributed by atoms with Crippen LogP contribution in [0, 0.1) is 0 Å². The smallest absolute Gasteiger partial charge is 0.338 e. The van der Waals surface area contributed by atoms with E-state index >= 15 is 0 Å². The molecule has 0 bridgehead atoms. The minimum absolute atomic E-state index is 0.275. The molecule has 3 heterocycles. The lowest BCUT2D eigenvalue weighted by atomic mass is 9.97. The van der Waals surface area contributed by atoms with Gasteiger partial charge < -0.3 is 25.4 Å². The molecule has 0 saturated carbocycles. The van der Waals surface area contributed by atoms with Gasteiger partial charge in [0.25, 0.3) is 0 Å². The molecule has 4 rings (SSSR count). The third-order valence-electron chi connectivity index (χ3n) is 6.19. The van der Waals surface area contributed by atoms with E-state index in [1.165, 1.54) is 30.3 Å². The van der Waals surface area contributed by atoms with Crippen molar-refractivity contribution in [3.05, 3.63) is 72.0 Å². The molecule has 1 saturated heterocycles. The summed E-state index contributed by atoms with van der Waals surface area (Å²) in [6, 6.07) is 8.47. The molecule has 0 aliphatic carbocycles. The summed E-state index contributed by atoms with van der Waals surface area (Å²) in [4.78, 5) is 20.3. The van der Waals surface area contributed by atoms with Crippen molar-refractivity contribution in [1.82, 2.24) is 19.3 Å². The zero-order valence-electron chi connectivity index (χ0n) is 20.6. The van der Waals surface area contributed by atoms with Gasteiger partial charge in [-0.15, -0.1) is 0 Å². The Labute approximate surface area is 219 Å². The van der Waals surface area contributed by atoms with E-state index in [1.54, 1.807) is 30.3 Å². The monoisotopic (exact) mass is 543 g/mol. The number of carbonyl (C=O) groups excluding carboxylic acids is 1. The molecule has 0 amide bonds. The highest BCUT2D eigenvalue weighted by Gasteiger charge is 2.44. The predicted molar refractivity (Wildman–Crippen MR) is 140 cm³/mol. The fraction of sp³-hybridized carbons (Fsp3) is 0.320. The number of sulfonamides is 1. The Kier molecular flexibility index (Phi) is 8.23. The second-order valence-electron chi connectivity index (χ2n) is 8.72. The number of ether oxygens (including phenoxy) is 2. The Balaban J connectivity index is 1.33. The third-order valence-corrected chi connectivity index (χ3v) is 7.31. The van der Waals surface area contributed by atoms with Crippen LogP contribution >= 0.6 is 0 Å². The van der Waals surface area contributed by atoms with Gasteiger partial charge >= 0.3 is 5.97 Å². The molecule has 4 atom stereocenters. The lowest BCUT2D eigenvalue weighted by Gasteiger charge is -2.16. The van der Waals surface area contributed by atoms with Crippen molar-refractivity contribution in [2.45, 2.75) is 37.4 Å². The van der Waals surface area contributed by atoms with Crippen LogP contribution in [0.5, 0.6) is 0 Å². The average Bonchev–Trinajstić information content (AvgIpc) is 3.46. The van der Waals surface area contributed by atoms with Gasteiger partial charge in [-0.3, -0.25) is 4.57 Å². The molecular weight excluding hydrogens is 514 g/mol. The number of nitrogen functional groups attached to an aromatic ring is 1. The van der Waals surface area contributed by atoms with Crippen LogP contribution < -0.4 is 10.5 Å². The summed E-state index contributed by atoms with van der Waals surface area (Å²) in [5.41, 5.74) is 8.76. The predicted octanol–water partition coefficient (Wildman–Crippen LogP) is 1.35. The minimum Gasteiger partial charge on any atom is -0.465 e. The molecule has 38 heavy (non-hydrogen) atoms. The summed E-state index contributed by atoms with van der Waals surface area (Å²) in [6.45, 7) is 3.72. The molecule has 0 unspecified atom stereocenters. The van der Waals surface area contributed by atoms with E-state index in [-0.39, 0.29) is 6.54 Å². The molecule has 1 aromatic carbocycles. The van der Waals surface area contributed by atoms with E-state index in [1.807, 2.05) is 0 Å². The number of esters is 1. The van der Waals surface area contributed by atoms with E-state index in [9.17, 15) is 23.4 Å². The number of rotatable bonds is 10. The molecule has 13 heteroatoms. The molecule has 0 spiro atoms. The van der Waals surface area contributed by atoms with E-state index < -0.39 is 40.5 Å². The molecule has 202 valence electrons.